The summed E-state index contributed by atoms with van der Waals surface area (Å²) in [6.07, 6.45) is 0.590. The minimum atomic E-state index is -0.689. The highest BCUT2D eigenvalue weighted by Gasteiger charge is 2.10. The van der Waals surface area contributed by atoms with E-state index in [1.807, 2.05) is 30.3 Å². The summed E-state index contributed by atoms with van der Waals surface area (Å²) in [5.41, 5.74) is 0.982. The molecule has 0 atom stereocenters. The van der Waals surface area contributed by atoms with Gasteiger partial charge in [0.15, 0.2) is 5.76 Å². The van der Waals surface area contributed by atoms with Crippen molar-refractivity contribution < 1.29 is 14.6 Å². The van der Waals surface area contributed by atoms with Gasteiger partial charge in [-0.3, -0.25) is 4.79 Å². The monoisotopic (exact) mass is 268 g/mol. The second-order valence-electron chi connectivity index (χ2n) is 3.33. The number of ether oxygens (including phenoxy) is 1. The quantitative estimate of drug-likeness (QED) is 0.242. The molecule has 0 saturated carbocycles. The number of nitrogens with one attached hydrogen (secondary N) is 2. The summed E-state index contributed by atoms with van der Waals surface area (Å²) in [7, 11) is 0. The Morgan fingerprint density at radius 2 is 2.11 bits per heavy atom. The van der Waals surface area contributed by atoms with Crippen LogP contribution in [0.2, 0.25) is 0 Å². The van der Waals surface area contributed by atoms with Crippen molar-refractivity contribution in [2.45, 2.75) is 6.61 Å². The van der Waals surface area contributed by atoms with Gasteiger partial charge in [-0.05, 0) is 5.56 Å². The summed E-state index contributed by atoms with van der Waals surface area (Å²) in [6.45, 7) is 0.328. The number of aliphatic hydroxyl groups excluding tert-OH is 1. The molecule has 0 aliphatic heterocycles. The van der Waals surface area contributed by atoms with E-state index in [2.05, 4.69) is 5.32 Å². The van der Waals surface area contributed by atoms with Crippen molar-refractivity contribution in [2.75, 3.05) is 6.73 Å². The van der Waals surface area contributed by atoms with Gasteiger partial charge in [-0.1, -0.05) is 41.9 Å². The Balaban J connectivity index is 2.31. The third-order valence-electron chi connectivity index (χ3n) is 2.01. The van der Waals surface area contributed by atoms with Crippen molar-refractivity contribution in [1.82, 2.24) is 5.32 Å². The molecule has 0 aliphatic carbocycles. The largest absolute Gasteiger partial charge is 0.505 e. The number of amides is 1. The molecular formula is C12H13ClN2O3. The molecule has 18 heavy (non-hydrogen) atoms. The zero-order valence-corrected chi connectivity index (χ0v) is 10.3. The second kappa shape index (κ2) is 7.47. The fourth-order valence-corrected chi connectivity index (χ4v) is 1.24. The van der Waals surface area contributed by atoms with Gasteiger partial charge >= 0.3 is 0 Å². The average molecular weight is 269 g/mol. The Kier molecular flexibility index (Phi) is 5.90. The lowest BCUT2D eigenvalue weighted by molar-refractivity contribution is -0.118. The van der Waals surface area contributed by atoms with Crippen LogP contribution in [0.15, 0.2) is 41.1 Å². The Hall–Kier alpha value is -1.85. The molecule has 1 aromatic carbocycles. The number of hydrogen-bond acceptors (Lipinski definition) is 4. The molecule has 0 fully saturated rings. The van der Waals surface area contributed by atoms with Gasteiger partial charge in [0.25, 0.3) is 5.91 Å². The smallest absolute Gasteiger partial charge is 0.268 e. The highest BCUT2D eigenvalue weighted by molar-refractivity contribution is 6.43. The van der Waals surface area contributed by atoms with Gasteiger partial charge in [0.05, 0.1) is 12.8 Å². The third-order valence-corrected chi connectivity index (χ3v) is 2.37. The number of carbonyl (C=O) groups excluding carboxylic acids is 1. The standard InChI is InChI=1S/C12H13ClN2O3/c13-11(10(16)6-14)12(17)15-8-18-7-9-4-2-1-3-5-9/h1-6,14,16H,7-8H2,(H,15,17)/b11-10-,14-6?. The first-order valence-electron chi connectivity index (χ1n) is 5.14. The van der Waals surface area contributed by atoms with Crippen molar-refractivity contribution in [2.24, 2.45) is 0 Å². The molecule has 5 nitrogen and oxygen atoms in total. The predicted octanol–water partition coefficient (Wildman–Crippen LogP) is 1.93. The summed E-state index contributed by atoms with van der Waals surface area (Å²) in [5, 5.41) is 17.7. The maximum atomic E-state index is 11.3. The molecule has 1 rings (SSSR count). The Morgan fingerprint density at radius 1 is 1.44 bits per heavy atom. The van der Waals surface area contributed by atoms with Gasteiger partial charge in [0.2, 0.25) is 0 Å². The number of rotatable bonds is 6. The zero-order chi connectivity index (χ0) is 13.4. The molecule has 3 N–H and O–H groups in total. The van der Waals surface area contributed by atoms with Gasteiger partial charge in [-0.2, -0.15) is 0 Å². The maximum absolute atomic E-state index is 11.3. The number of benzene rings is 1. The fraction of sp³-hybridized carbons (Fsp3) is 0.167. The van der Waals surface area contributed by atoms with Gasteiger partial charge in [0.1, 0.15) is 11.8 Å². The lowest BCUT2D eigenvalue weighted by Crippen LogP contribution is -2.26. The first-order valence-corrected chi connectivity index (χ1v) is 5.52. The lowest BCUT2D eigenvalue weighted by Gasteiger charge is -2.06. The SMILES string of the molecule is N=C/C(O)=C(/Cl)C(=O)NCOCc1ccccc1. The zero-order valence-electron chi connectivity index (χ0n) is 9.52. The lowest BCUT2D eigenvalue weighted by atomic mass is 10.2. The molecule has 96 valence electrons. The summed E-state index contributed by atoms with van der Waals surface area (Å²) in [6, 6.07) is 9.47. The number of carbonyl (C=O) groups is 1. The molecule has 0 radical (unpaired) electrons. The van der Waals surface area contributed by atoms with Crippen LogP contribution in [-0.2, 0) is 16.1 Å². The van der Waals surface area contributed by atoms with Crippen LogP contribution in [0, 0.1) is 5.41 Å². The van der Waals surface area contributed by atoms with Crippen LogP contribution in [0.3, 0.4) is 0 Å². The second-order valence-corrected chi connectivity index (χ2v) is 3.71. The van der Waals surface area contributed by atoms with Crippen LogP contribution < -0.4 is 5.32 Å². The normalized spacial score (nSPS) is 11.6. The van der Waals surface area contributed by atoms with Gasteiger partial charge < -0.3 is 20.6 Å². The van der Waals surface area contributed by atoms with Crippen molar-refractivity contribution in [3.05, 3.63) is 46.7 Å². The Morgan fingerprint density at radius 3 is 2.72 bits per heavy atom. The van der Waals surface area contributed by atoms with E-state index in [9.17, 15) is 4.79 Å². The van der Waals surface area contributed by atoms with Gasteiger partial charge in [-0.15, -0.1) is 0 Å². The molecule has 0 spiro atoms. The molecule has 1 aromatic rings. The van der Waals surface area contributed by atoms with Crippen LogP contribution in [0.5, 0.6) is 0 Å². The molecule has 0 aromatic heterocycles. The molecule has 1 amide bonds. The summed E-state index contributed by atoms with van der Waals surface area (Å²) in [4.78, 5) is 11.3. The van der Waals surface area contributed by atoms with E-state index in [0.717, 1.165) is 5.56 Å². The van der Waals surface area contributed by atoms with E-state index in [1.54, 1.807) is 0 Å². The molecular weight excluding hydrogens is 256 g/mol. The van der Waals surface area contributed by atoms with Crippen LogP contribution in [-0.4, -0.2) is 24.0 Å². The van der Waals surface area contributed by atoms with Crippen LogP contribution in [0.1, 0.15) is 5.56 Å². The van der Waals surface area contributed by atoms with E-state index >= 15 is 0 Å². The fourth-order valence-electron chi connectivity index (χ4n) is 1.12. The van der Waals surface area contributed by atoms with E-state index in [4.69, 9.17) is 26.9 Å². The van der Waals surface area contributed by atoms with Gasteiger partial charge in [0, 0.05) is 0 Å². The molecule has 0 saturated heterocycles. The molecule has 0 aliphatic rings. The first-order chi connectivity index (χ1) is 8.65. The minimum absolute atomic E-state index is 0.0325. The van der Waals surface area contributed by atoms with Crippen LogP contribution >= 0.6 is 11.6 Å². The van der Waals surface area contributed by atoms with Gasteiger partial charge in [-0.25, -0.2) is 0 Å². The summed E-state index contributed by atoms with van der Waals surface area (Å²) in [5.74, 6) is -1.28. The Labute approximate surface area is 110 Å². The van der Waals surface area contributed by atoms with Crippen molar-refractivity contribution in [1.29, 1.82) is 5.41 Å². The highest BCUT2D eigenvalue weighted by atomic mass is 35.5. The highest BCUT2D eigenvalue weighted by Crippen LogP contribution is 2.05. The number of hydrogen-bond donors (Lipinski definition) is 3. The predicted molar refractivity (Wildman–Crippen MR) is 68.5 cm³/mol. The van der Waals surface area contributed by atoms with E-state index in [1.165, 1.54) is 0 Å². The van der Waals surface area contributed by atoms with Crippen molar-refractivity contribution in [3.63, 3.8) is 0 Å². The topological polar surface area (TPSA) is 82.4 Å². The van der Waals surface area contributed by atoms with Crippen molar-refractivity contribution in [3.8, 4) is 0 Å². The summed E-state index contributed by atoms with van der Waals surface area (Å²) < 4.78 is 5.20. The molecule has 0 unspecified atom stereocenters. The number of aliphatic hydroxyl groups is 1. The first kappa shape index (κ1) is 14.2. The summed E-state index contributed by atoms with van der Waals surface area (Å²) >= 11 is 5.49. The molecule has 0 bridgehead atoms. The van der Waals surface area contributed by atoms with Crippen molar-refractivity contribution >= 4 is 23.7 Å². The third kappa shape index (κ3) is 4.57. The van der Waals surface area contributed by atoms with E-state index in [0.29, 0.717) is 12.8 Å². The van der Waals surface area contributed by atoms with Crippen LogP contribution in [0.4, 0.5) is 0 Å². The Bertz CT molecular complexity index is 446. The van der Waals surface area contributed by atoms with E-state index < -0.39 is 16.7 Å². The minimum Gasteiger partial charge on any atom is -0.505 e. The van der Waals surface area contributed by atoms with E-state index in [-0.39, 0.29) is 6.73 Å². The number of allylic oxidation sites excluding steroid dienone is 1. The molecule has 6 heteroatoms. The average Bonchev–Trinajstić information content (AvgIpc) is 2.42. The number of halogens is 1. The maximum Gasteiger partial charge on any atom is 0.268 e. The van der Waals surface area contributed by atoms with Crippen LogP contribution in [0.25, 0.3) is 0 Å². The molecule has 0 heterocycles.